The van der Waals surface area contributed by atoms with E-state index < -0.39 is 0 Å². The Balaban J connectivity index is 1.78. The van der Waals surface area contributed by atoms with E-state index in [1.807, 2.05) is 7.11 Å². The standard InChI is InChI=1S/C16H29NO2/c1-19-12-13-5-4-10-17(13)15-11-14(18)6-9-16(15)7-2-3-8-16/h13-15,18H,2-12H2,1H3. The maximum Gasteiger partial charge on any atom is 0.0618 e. The molecular weight excluding hydrogens is 238 g/mol. The number of nitrogens with zero attached hydrogens (tertiary/aromatic N) is 1. The van der Waals surface area contributed by atoms with Crippen LogP contribution in [0, 0.1) is 5.41 Å². The second-order valence-corrected chi connectivity index (χ2v) is 7.00. The molecule has 3 heteroatoms. The molecule has 1 heterocycles. The molecule has 3 nitrogen and oxygen atoms in total. The highest BCUT2D eigenvalue weighted by atomic mass is 16.5. The number of hydrogen-bond acceptors (Lipinski definition) is 3. The lowest BCUT2D eigenvalue weighted by Crippen LogP contribution is -2.54. The van der Waals surface area contributed by atoms with E-state index >= 15 is 0 Å². The van der Waals surface area contributed by atoms with Gasteiger partial charge in [0.25, 0.3) is 0 Å². The van der Waals surface area contributed by atoms with E-state index in [2.05, 4.69) is 4.90 Å². The van der Waals surface area contributed by atoms with Crippen LogP contribution in [0.2, 0.25) is 0 Å². The Morgan fingerprint density at radius 3 is 2.68 bits per heavy atom. The largest absolute Gasteiger partial charge is 0.393 e. The van der Waals surface area contributed by atoms with Gasteiger partial charge in [-0.2, -0.15) is 0 Å². The summed E-state index contributed by atoms with van der Waals surface area (Å²) in [6.07, 6.45) is 11.4. The lowest BCUT2D eigenvalue weighted by Gasteiger charge is -2.49. The molecule has 1 spiro atoms. The van der Waals surface area contributed by atoms with E-state index in [0.29, 0.717) is 17.5 Å². The van der Waals surface area contributed by atoms with Crippen LogP contribution in [0.3, 0.4) is 0 Å². The summed E-state index contributed by atoms with van der Waals surface area (Å²) < 4.78 is 5.42. The molecule has 2 aliphatic carbocycles. The highest BCUT2D eigenvalue weighted by Gasteiger charge is 2.49. The van der Waals surface area contributed by atoms with Crippen LogP contribution in [0.15, 0.2) is 0 Å². The lowest BCUT2D eigenvalue weighted by atomic mass is 9.67. The lowest BCUT2D eigenvalue weighted by molar-refractivity contribution is -0.0414. The van der Waals surface area contributed by atoms with Crippen LogP contribution < -0.4 is 0 Å². The minimum atomic E-state index is -0.0694. The average molecular weight is 267 g/mol. The Morgan fingerprint density at radius 1 is 1.16 bits per heavy atom. The summed E-state index contributed by atoms with van der Waals surface area (Å²) >= 11 is 0. The second kappa shape index (κ2) is 5.71. The third-order valence-electron chi connectivity index (χ3n) is 5.96. The molecule has 19 heavy (non-hydrogen) atoms. The van der Waals surface area contributed by atoms with Gasteiger partial charge in [-0.1, -0.05) is 12.8 Å². The van der Waals surface area contributed by atoms with Crippen molar-refractivity contribution in [3.63, 3.8) is 0 Å². The number of likely N-dealkylation sites (tertiary alicyclic amines) is 1. The SMILES string of the molecule is COCC1CCCN1C1CC(O)CCC12CCCC2. The molecule has 3 atom stereocenters. The van der Waals surface area contributed by atoms with E-state index in [-0.39, 0.29) is 6.10 Å². The van der Waals surface area contributed by atoms with E-state index in [0.717, 1.165) is 19.4 Å². The molecule has 0 aromatic heterocycles. The van der Waals surface area contributed by atoms with Crippen molar-refractivity contribution < 1.29 is 9.84 Å². The van der Waals surface area contributed by atoms with Gasteiger partial charge in [-0.05, 0) is 56.9 Å². The van der Waals surface area contributed by atoms with Gasteiger partial charge in [0.05, 0.1) is 12.7 Å². The Kier molecular flexibility index (Phi) is 4.16. The summed E-state index contributed by atoms with van der Waals surface area (Å²) in [5, 5.41) is 10.1. The van der Waals surface area contributed by atoms with Crippen molar-refractivity contribution in [3.05, 3.63) is 0 Å². The molecule has 3 rings (SSSR count). The van der Waals surface area contributed by atoms with Crippen LogP contribution >= 0.6 is 0 Å². The van der Waals surface area contributed by atoms with Crippen molar-refractivity contribution in [1.29, 1.82) is 0 Å². The number of hydrogen-bond donors (Lipinski definition) is 1. The molecule has 0 bridgehead atoms. The zero-order valence-electron chi connectivity index (χ0n) is 12.3. The minimum Gasteiger partial charge on any atom is -0.393 e. The second-order valence-electron chi connectivity index (χ2n) is 7.00. The Labute approximate surface area is 117 Å². The number of methoxy groups -OCH3 is 1. The first-order valence-corrected chi connectivity index (χ1v) is 8.18. The van der Waals surface area contributed by atoms with Crippen molar-refractivity contribution >= 4 is 0 Å². The molecule has 0 amide bonds. The molecule has 3 aliphatic rings. The predicted octanol–water partition coefficient (Wildman–Crippen LogP) is 2.57. The highest BCUT2D eigenvalue weighted by Crippen LogP contribution is 2.52. The Hall–Kier alpha value is -0.120. The number of aliphatic hydroxyl groups is 1. The monoisotopic (exact) mass is 267 g/mol. The highest BCUT2D eigenvalue weighted by molar-refractivity contribution is 5.02. The van der Waals surface area contributed by atoms with Gasteiger partial charge >= 0.3 is 0 Å². The summed E-state index contributed by atoms with van der Waals surface area (Å²) in [6, 6.07) is 1.21. The van der Waals surface area contributed by atoms with Crippen molar-refractivity contribution in [2.24, 2.45) is 5.41 Å². The molecule has 110 valence electrons. The van der Waals surface area contributed by atoms with Crippen LogP contribution in [0.4, 0.5) is 0 Å². The van der Waals surface area contributed by atoms with Crippen LogP contribution in [0.25, 0.3) is 0 Å². The van der Waals surface area contributed by atoms with Crippen molar-refractivity contribution in [2.75, 3.05) is 20.3 Å². The number of ether oxygens (including phenoxy) is 1. The first-order chi connectivity index (χ1) is 9.25. The van der Waals surface area contributed by atoms with Gasteiger partial charge in [0.15, 0.2) is 0 Å². The molecule has 1 aliphatic heterocycles. The third-order valence-corrected chi connectivity index (χ3v) is 5.96. The quantitative estimate of drug-likeness (QED) is 0.853. The number of rotatable bonds is 3. The smallest absolute Gasteiger partial charge is 0.0618 e. The van der Waals surface area contributed by atoms with Gasteiger partial charge in [0.1, 0.15) is 0 Å². The summed E-state index contributed by atoms with van der Waals surface area (Å²) in [6.45, 7) is 2.08. The third kappa shape index (κ3) is 2.57. The summed E-state index contributed by atoms with van der Waals surface area (Å²) in [5.41, 5.74) is 0.523. The average Bonchev–Trinajstić information content (AvgIpc) is 3.03. The van der Waals surface area contributed by atoms with E-state index in [1.54, 1.807) is 0 Å². The molecule has 0 radical (unpaired) electrons. The fourth-order valence-electron chi connectivity index (χ4n) is 5.04. The van der Waals surface area contributed by atoms with E-state index in [4.69, 9.17) is 4.74 Å². The molecule has 0 aromatic rings. The number of aliphatic hydroxyl groups excluding tert-OH is 1. The van der Waals surface area contributed by atoms with Gasteiger partial charge in [0.2, 0.25) is 0 Å². The van der Waals surface area contributed by atoms with Crippen molar-refractivity contribution in [3.8, 4) is 0 Å². The Morgan fingerprint density at radius 2 is 1.95 bits per heavy atom. The molecule has 0 aromatic carbocycles. The summed E-state index contributed by atoms with van der Waals surface area (Å²) in [7, 11) is 1.82. The zero-order valence-corrected chi connectivity index (χ0v) is 12.3. The van der Waals surface area contributed by atoms with Crippen LogP contribution in [-0.2, 0) is 4.74 Å². The van der Waals surface area contributed by atoms with Crippen LogP contribution in [0.1, 0.15) is 57.8 Å². The maximum absolute atomic E-state index is 10.1. The molecule has 3 fully saturated rings. The molecule has 3 unspecified atom stereocenters. The first-order valence-electron chi connectivity index (χ1n) is 8.18. The fourth-order valence-corrected chi connectivity index (χ4v) is 5.04. The molecule has 1 saturated heterocycles. The molecule has 1 N–H and O–H groups in total. The normalized spacial score (nSPS) is 39.2. The van der Waals surface area contributed by atoms with Crippen molar-refractivity contribution in [2.45, 2.75) is 76.0 Å². The van der Waals surface area contributed by atoms with Crippen LogP contribution in [-0.4, -0.2) is 48.5 Å². The predicted molar refractivity (Wildman–Crippen MR) is 76.2 cm³/mol. The summed E-state index contributed by atoms with van der Waals surface area (Å²) in [5.74, 6) is 0. The van der Waals surface area contributed by atoms with Crippen LogP contribution in [0.5, 0.6) is 0 Å². The first kappa shape index (κ1) is 13.8. The zero-order chi connectivity index (χ0) is 13.3. The van der Waals surface area contributed by atoms with Crippen molar-refractivity contribution in [1.82, 2.24) is 4.90 Å². The summed E-state index contributed by atoms with van der Waals surface area (Å²) in [4.78, 5) is 2.71. The molecular formula is C16H29NO2. The molecule has 2 saturated carbocycles. The van der Waals surface area contributed by atoms with E-state index in [9.17, 15) is 5.11 Å². The van der Waals surface area contributed by atoms with Gasteiger partial charge in [-0.3, -0.25) is 4.90 Å². The maximum atomic E-state index is 10.1. The topological polar surface area (TPSA) is 32.7 Å². The van der Waals surface area contributed by atoms with Gasteiger partial charge in [0, 0.05) is 19.2 Å². The van der Waals surface area contributed by atoms with Gasteiger partial charge < -0.3 is 9.84 Å². The Bertz CT molecular complexity index is 301. The fraction of sp³-hybridized carbons (Fsp3) is 1.00. The van der Waals surface area contributed by atoms with Gasteiger partial charge in [-0.15, -0.1) is 0 Å². The van der Waals surface area contributed by atoms with Gasteiger partial charge in [-0.25, -0.2) is 0 Å². The minimum absolute atomic E-state index is 0.0694. The van der Waals surface area contributed by atoms with E-state index in [1.165, 1.54) is 51.5 Å².